The summed E-state index contributed by atoms with van der Waals surface area (Å²) < 4.78 is 0. The molecule has 24 heavy (non-hydrogen) atoms. The average molecular weight is 358 g/mol. The fraction of sp³-hybridized carbons (Fsp3) is 0.278. The molecule has 0 saturated heterocycles. The van der Waals surface area contributed by atoms with E-state index < -0.39 is 0 Å². The minimum atomic E-state index is -0.148. The van der Waals surface area contributed by atoms with Gasteiger partial charge in [0.15, 0.2) is 0 Å². The number of carbonyl (C=O) groups is 1. The fourth-order valence-corrected chi connectivity index (χ4v) is 3.67. The molecule has 1 heterocycles. The van der Waals surface area contributed by atoms with Gasteiger partial charge in [0.2, 0.25) is 5.91 Å². The van der Waals surface area contributed by atoms with E-state index in [1.807, 2.05) is 6.07 Å². The number of nitriles is 1. The molecule has 1 N–H and O–H groups in total. The van der Waals surface area contributed by atoms with E-state index in [4.69, 9.17) is 11.6 Å². The van der Waals surface area contributed by atoms with E-state index in [-0.39, 0.29) is 11.7 Å². The highest BCUT2D eigenvalue weighted by molar-refractivity contribution is 8.00. The number of anilines is 1. The van der Waals surface area contributed by atoms with Crippen LogP contribution in [0.2, 0.25) is 5.02 Å². The lowest BCUT2D eigenvalue weighted by atomic mass is 9.95. The maximum atomic E-state index is 12.1. The molecular formula is C18H16ClN3OS. The summed E-state index contributed by atoms with van der Waals surface area (Å²) in [6, 6.07) is 11.1. The van der Waals surface area contributed by atoms with Crippen molar-refractivity contribution in [3.05, 3.63) is 52.2 Å². The predicted octanol–water partition coefficient (Wildman–Crippen LogP) is 4.22. The first-order valence-corrected chi connectivity index (χ1v) is 9.13. The lowest BCUT2D eigenvalue weighted by Crippen LogP contribution is -2.14. The largest absolute Gasteiger partial charge is 0.325 e. The second-order valence-electron chi connectivity index (χ2n) is 5.61. The van der Waals surface area contributed by atoms with Crippen LogP contribution in [-0.4, -0.2) is 16.6 Å². The first-order valence-electron chi connectivity index (χ1n) is 7.77. The van der Waals surface area contributed by atoms with Gasteiger partial charge in [-0.3, -0.25) is 4.79 Å². The summed E-state index contributed by atoms with van der Waals surface area (Å²) in [7, 11) is 0. The highest BCUT2D eigenvalue weighted by atomic mass is 35.5. The predicted molar refractivity (Wildman–Crippen MR) is 96.4 cm³/mol. The summed E-state index contributed by atoms with van der Waals surface area (Å²) >= 11 is 7.20. The van der Waals surface area contributed by atoms with E-state index in [1.54, 1.807) is 24.3 Å². The third-order valence-corrected chi connectivity index (χ3v) is 5.06. The molecule has 1 aromatic carbocycles. The van der Waals surface area contributed by atoms with Gasteiger partial charge in [-0.25, -0.2) is 4.98 Å². The number of amides is 1. The van der Waals surface area contributed by atoms with Crippen LogP contribution in [0.25, 0.3) is 0 Å². The van der Waals surface area contributed by atoms with Crippen LogP contribution in [0.1, 0.15) is 29.7 Å². The number of pyridine rings is 1. The number of thioether (sulfide) groups is 1. The van der Waals surface area contributed by atoms with Crippen LogP contribution in [0.15, 0.2) is 35.4 Å². The van der Waals surface area contributed by atoms with E-state index in [0.29, 0.717) is 21.3 Å². The Morgan fingerprint density at radius 3 is 2.96 bits per heavy atom. The van der Waals surface area contributed by atoms with Crippen LogP contribution in [0.3, 0.4) is 0 Å². The van der Waals surface area contributed by atoms with Crippen LogP contribution in [0.5, 0.6) is 0 Å². The summed E-state index contributed by atoms with van der Waals surface area (Å²) in [5.74, 6) is 0.0538. The van der Waals surface area contributed by atoms with Gasteiger partial charge in [0.25, 0.3) is 0 Å². The minimum Gasteiger partial charge on any atom is -0.325 e. The minimum absolute atomic E-state index is 0.148. The van der Waals surface area contributed by atoms with Gasteiger partial charge in [-0.2, -0.15) is 5.26 Å². The monoisotopic (exact) mass is 357 g/mol. The first kappa shape index (κ1) is 16.8. The topological polar surface area (TPSA) is 65.8 Å². The van der Waals surface area contributed by atoms with Crippen LogP contribution in [0.4, 0.5) is 5.69 Å². The Bertz CT molecular complexity index is 816. The molecule has 0 radical (unpaired) electrons. The number of nitrogens with zero attached hydrogens (tertiary/aromatic N) is 2. The van der Waals surface area contributed by atoms with Gasteiger partial charge < -0.3 is 5.32 Å². The van der Waals surface area contributed by atoms with Gasteiger partial charge in [-0.1, -0.05) is 29.4 Å². The Morgan fingerprint density at radius 1 is 1.33 bits per heavy atom. The second kappa shape index (κ2) is 7.69. The summed E-state index contributed by atoms with van der Waals surface area (Å²) in [4.78, 5) is 16.7. The number of rotatable bonds is 4. The molecule has 0 fully saturated rings. The van der Waals surface area contributed by atoms with Gasteiger partial charge in [-0.15, -0.1) is 0 Å². The number of benzene rings is 1. The number of carbonyl (C=O) groups excluding carboxylic acids is 1. The molecule has 3 rings (SSSR count). The molecule has 0 atom stereocenters. The summed E-state index contributed by atoms with van der Waals surface area (Å²) in [6.45, 7) is 0. The smallest absolute Gasteiger partial charge is 0.234 e. The fourth-order valence-electron chi connectivity index (χ4n) is 2.70. The zero-order chi connectivity index (χ0) is 16.9. The van der Waals surface area contributed by atoms with E-state index in [2.05, 4.69) is 16.4 Å². The summed E-state index contributed by atoms with van der Waals surface area (Å²) in [5.41, 5.74) is 3.45. The summed E-state index contributed by atoms with van der Waals surface area (Å²) in [6.07, 6.45) is 4.21. The first-order chi connectivity index (χ1) is 11.7. The maximum Gasteiger partial charge on any atom is 0.234 e. The van der Waals surface area contributed by atoms with E-state index in [9.17, 15) is 10.1 Å². The molecule has 1 aromatic heterocycles. The molecule has 1 amide bonds. The number of halogens is 1. The second-order valence-corrected chi connectivity index (χ2v) is 7.01. The number of hydrogen-bond acceptors (Lipinski definition) is 4. The van der Waals surface area contributed by atoms with Crippen molar-refractivity contribution in [3.63, 3.8) is 0 Å². The Hall–Kier alpha value is -2.03. The van der Waals surface area contributed by atoms with E-state index in [0.717, 1.165) is 31.4 Å². The van der Waals surface area contributed by atoms with Gasteiger partial charge in [0, 0.05) is 16.4 Å². The van der Waals surface area contributed by atoms with Crippen molar-refractivity contribution in [3.8, 4) is 6.07 Å². The highest BCUT2D eigenvalue weighted by Gasteiger charge is 2.16. The molecular weight excluding hydrogens is 342 g/mol. The van der Waals surface area contributed by atoms with E-state index in [1.165, 1.54) is 17.3 Å². The van der Waals surface area contributed by atoms with Crippen molar-refractivity contribution in [2.24, 2.45) is 0 Å². The van der Waals surface area contributed by atoms with Gasteiger partial charge in [-0.05, 0) is 55.5 Å². The number of fused-ring (bicyclic) bond motifs is 1. The number of nitrogens with one attached hydrogen (secondary N) is 1. The summed E-state index contributed by atoms with van der Waals surface area (Å²) in [5, 5.41) is 13.3. The lowest BCUT2D eigenvalue weighted by molar-refractivity contribution is -0.113. The molecule has 1 aliphatic rings. The van der Waals surface area contributed by atoms with Crippen LogP contribution in [0, 0.1) is 11.3 Å². The molecule has 0 saturated carbocycles. The Kier molecular flexibility index (Phi) is 5.39. The number of hydrogen-bond donors (Lipinski definition) is 1. The normalized spacial score (nSPS) is 13.0. The third-order valence-electron chi connectivity index (χ3n) is 3.83. The van der Waals surface area contributed by atoms with Crippen molar-refractivity contribution >= 4 is 35.0 Å². The molecule has 0 spiro atoms. The van der Waals surface area contributed by atoms with Crippen LogP contribution < -0.4 is 5.32 Å². The Balaban J connectivity index is 1.67. The van der Waals surface area contributed by atoms with Gasteiger partial charge in [0.05, 0.1) is 11.3 Å². The van der Waals surface area contributed by atoms with Crippen molar-refractivity contribution in [2.45, 2.75) is 30.7 Å². The van der Waals surface area contributed by atoms with E-state index >= 15 is 0 Å². The quantitative estimate of drug-likeness (QED) is 0.832. The molecule has 0 bridgehead atoms. The highest BCUT2D eigenvalue weighted by Crippen LogP contribution is 2.27. The van der Waals surface area contributed by atoms with Crippen molar-refractivity contribution in [2.75, 3.05) is 11.1 Å². The molecule has 0 unspecified atom stereocenters. The average Bonchev–Trinajstić information content (AvgIpc) is 2.59. The lowest BCUT2D eigenvalue weighted by Gasteiger charge is -2.16. The molecule has 0 aliphatic heterocycles. The SMILES string of the molecule is N#Cc1cc2c(nc1SCC(=O)Nc1cccc(Cl)c1)CCCC2. The van der Waals surface area contributed by atoms with Gasteiger partial charge in [0.1, 0.15) is 11.1 Å². The van der Waals surface area contributed by atoms with Crippen LogP contribution in [-0.2, 0) is 17.6 Å². The molecule has 1 aliphatic carbocycles. The molecule has 6 heteroatoms. The molecule has 4 nitrogen and oxygen atoms in total. The van der Waals surface area contributed by atoms with Crippen molar-refractivity contribution in [1.82, 2.24) is 4.98 Å². The van der Waals surface area contributed by atoms with Crippen molar-refractivity contribution in [1.29, 1.82) is 5.26 Å². The number of aromatic nitrogens is 1. The third kappa shape index (κ3) is 4.08. The molecule has 2 aromatic rings. The van der Waals surface area contributed by atoms with Crippen molar-refractivity contribution < 1.29 is 4.79 Å². The van der Waals surface area contributed by atoms with Gasteiger partial charge >= 0.3 is 0 Å². The Morgan fingerprint density at radius 2 is 2.17 bits per heavy atom. The standard InChI is InChI=1S/C18H16ClN3OS/c19-14-5-3-6-15(9-14)21-17(23)11-24-18-13(10-20)8-12-4-1-2-7-16(12)22-18/h3,5-6,8-9H,1-2,4,7,11H2,(H,21,23). The Labute approximate surface area is 150 Å². The molecule has 122 valence electrons. The number of aryl methyl sites for hydroxylation is 2. The zero-order valence-electron chi connectivity index (χ0n) is 13.0. The zero-order valence-corrected chi connectivity index (χ0v) is 14.6. The van der Waals surface area contributed by atoms with Crippen LogP contribution >= 0.6 is 23.4 Å². The maximum absolute atomic E-state index is 12.1.